The summed E-state index contributed by atoms with van der Waals surface area (Å²) < 4.78 is 0. The van der Waals surface area contributed by atoms with E-state index in [1.54, 1.807) is 0 Å². The molecule has 210 valence electrons. The molecule has 0 aliphatic carbocycles. The fourth-order valence-electron chi connectivity index (χ4n) is 4.75. The van der Waals surface area contributed by atoms with Gasteiger partial charge in [-0.15, -0.1) is 0 Å². The van der Waals surface area contributed by atoms with Gasteiger partial charge in [0.15, 0.2) is 0 Å². The number of nitrogens with one attached hydrogen (secondary N) is 1. The summed E-state index contributed by atoms with van der Waals surface area (Å²) in [6.45, 7) is 13.5. The van der Waals surface area contributed by atoms with Crippen LogP contribution in [0.4, 0.5) is 28.4 Å². The Kier molecular flexibility index (Phi) is 10.0. The number of rotatable bonds is 7. The summed E-state index contributed by atoms with van der Waals surface area (Å²) in [7, 11) is 0. The fraction of sp³-hybridized carbons (Fsp3) is 0.231. The minimum atomic E-state index is 0.215. The van der Waals surface area contributed by atoms with E-state index in [9.17, 15) is 0 Å². The predicted octanol–water partition coefficient (Wildman–Crippen LogP) is 12.1. The zero-order valence-electron chi connectivity index (χ0n) is 25.4. The second-order valence-electron chi connectivity index (χ2n) is 11.6. The summed E-state index contributed by atoms with van der Waals surface area (Å²) in [4.78, 5) is 2.34. The molecule has 0 heterocycles. The number of hydrogen-bond donors (Lipinski definition) is 1. The number of anilines is 5. The molecular weight excluding hydrogens is 496 g/mol. The van der Waals surface area contributed by atoms with E-state index in [1.165, 1.54) is 17.5 Å². The van der Waals surface area contributed by atoms with E-state index in [1.807, 2.05) is 6.07 Å². The molecule has 2 nitrogen and oxygen atoms in total. The highest BCUT2D eigenvalue weighted by Crippen LogP contribution is 2.41. The van der Waals surface area contributed by atoms with Crippen molar-refractivity contribution in [3.63, 3.8) is 0 Å². The third-order valence-electron chi connectivity index (χ3n) is 7.36. The predicted molar refractivity (Wildman–Crippen MR) is 180 cm³/mol. The first-order valence-corrected chi connectivity index (χ1v) is 14.8. The van der Waals surface area contributed by atoms with E-state index in [-0.39, 0.29) is 5.41 Å². The summed E-state index contributed by atoms with van der Waals surface area (Å²) in [5.41, 5.74) is 9.45. The van der Waals surface area contributed by atoms with Crippen molar-refractivity contribution in [3.8, 4) is 11.1 Å². The van der Waals surface area contributed by atoms with Crippen LogP contribution in [0.3, 0.4) is 0 Å². The van der Waals surface area contributed by atoms with Gasteiger partial charge in [-0.1, -0.05) is 127 Å². The highest BCUT2D eigenvalue weighted by molar-refractivity contribution is 5.87. The summed E-state index contributed by atoms with van der Waals surface area (Å²) >= 11 is 0. The third-order valence-corrected chi connectivity index (χ3v) is 7.36. The number of hydrogen-bond acceptors (Lipinski definition) is 2. The molecule has 5 aromatic rings. The third kappa shape index (κ3) is 7.67. The molecule has 41 heavy (non-hydrogen) atoms. The number of para-hydroxylation sites is 2. The molecule has 0 saturated carbocycles. The minimum absolute atomic E-state index is 0.215. The molecule has 0 radical (unpaired) electrons. The van der Waals surface area contributed by atoms with Crippen LogP contribution in [0.5, 0.6) is 0 Å². The van der Waals surface area contributed by atoms with E-state index in [0.717, 1.165) is 34.0 Å². The van der Waals surface area contributed by atoms with Gasteiger partial charge >= 0.3 is 0 Å². The Bertz CT molecular complexity index is 1470. The van der Waals surface area contributed by atoms with Crippen LogP contribution in [0.25, 0.3) is 11.1 Å². The minimum Gasteiger partial charge on any atom is -0.355 e. The van der Waals surface area contributed by atoms with Crippen molar-refractivity contribution in [3.05, 3.63) is 139 Å². The van der Waals surface area contributed by atoms with E-state index < -0.39 is 0 Å². The van der Waals surface area contributed by atoms with Crippen molar-refractivity contribution in [1.29, 1.82) is 0 Å². The zero-order valence-corrected chi connectivity index (χ0v) is 25.4. The van der Waals surface area contributed by atoms with Crippen LogP contribution < -0.4 is 10.2 Å². The Morgan fingerprint density at radius 3 is 1.66 bits per heavy atom. The fourth-order valence-corrected chi connectivity index (χ4v) is 4.75. The van der Waals surface area contributed by atoms with Crippen molar-refractivity contribution < 1.29 is 0 Å². The van der Waals surface area contributed by atoms with E-state index >= 15 is 0 Å². The Hall–Kier alpha value is -4.30. The molecule has 1 unspecified atom stereocenters. The Morgan fingerprint density at radius 2 is 1.10 bits per heavy atom. The quantitative estimate of drug-likeness (QED) is 0.221. The van der Waals surface area contributed by atoms with Crippen molar-refractivity contribution in [1.82, 2.24) is 0 Å². The molecule has 1 atom stereocenters. The van der Waals surface area contributed by atoms with Gasteiger partial charge in [0.25, 0.3) is 0 Å². The van der Waals surface area contributed by atoms with Gasteiger partial charge in [-0.25, -0.2) is 0 Å². The first-order chi connectivity index (χ1) is 19.8. The Balaban J connectivity index is 0.00000124. The molecule has 5 aromatic carbocycles. The summed E-state index contributed by atoms with van der Waals surface area (Å²) in [5.74, 6) is 0.467. The summed E-state index contributed by atoms with van der Waals surface area (Å²) in [6.07, 6.45) is 1.25. The maximum Gasteiger partial charge on any atom is 0.0469 e. The lowest BCUT2D eigenvalue weighted by molar-refractivity contribution is 0.339. The van der Waals surface area contributed by atoms with Crippen LogP contribution in [0.15, 0.2) is 133 Å². The standard InChI is InChI=1S/C36H36N2.C3H8/c1-27(36(2,3)4)28-20-22-32(23-21-28)38(31-18-12-7-13-19-31)33-24-25-35(37-30-16-10-6-11-17-30)34(26-33)29-14-8-5-9-15-29;1-3-2/h5-27,37H,1-4H3;3H2,1-2H3. The van der Waals surface area contributed by atoms with E-state index in [0.29, 0.717) is 5.92 Å². The largest absolute Gasteiger partial charge is 0.355 e. The molecule has 0 aromatic heterocycles. The monoisotopic (exact) mass is 540 g/mol. The van der Waals surface area contributed by atoms with Gasteiger partial charge in [0, 0.05) is 34.0 Å². The second kappa shape index (κ2) is 13.9. The maximum atomic E-state index is 3.63. The molecule has 0 spiro atoms. The highest BCUT2D eigenvalue weighted by atomic mass is 15.1. The second-order valence-corrected chi connectivity index (χ2v) is 11.6. The first-order valence-electron chi connectivity index (χ1n) is 14.8. The summed E-state index contributed by atoms with van der Waals surface area (Å²) in [6, 6.07) is 47.3. The molecule has 2 heteroatoms. The molecule has 0 bridgehead atoms. The topological polar surface area (TPSA) is 15.3 Å². The van der Waals surface area contributed by atoms with Gasteiger partial charge in [0.2, 0.25) is 0 Å². The summed E-state index contributed by atoms with van der Waals surface area (Å²) in [5, 5.41) is 3.63. The van der Waals surface area contributed by atoms with Crippen LogP contribution in [-0.2, 0) is 0 Å². The van der Waals surface area contributed by atoms with Crippen LogP contribution in [0, 0.1) is 5.41 Å². The van der Waals surface area contributed by atoms with Crippen molar-refractivity contribution in [2.75, 3.05) is 10.2 Å². The lowest BCUT2D eigenvalue weighted by Crippen LogP contribution is -2.15. The van der Waals surface area contributed by atoms with Crippen molar-refractivity contribution in [2.24, 2.45) is 5.41 Å². The highest BCUT2D eigenvalue weighted by Gasteiger charge is 2.22. The molecule has 0 saturated heterocycles. The van der Waals surface area contributed by atoms with Crippen LogP contribution in [-0.4, -0.2) is 0 Å². The van der Waals surface area contributed by atoms with E-state index in [4.69, 9.17) is 0 Å². The van der Waals surface area contributed by atoms with Gasteiger partial charge in [-0.2, -0.15) is 0 Å². The normalized spacial score (nSPS) is 11.7. The van der Waals surface area contributed by atoms with Crippen LogP contribution in [0.1, 0.15) is 59.4 Å². The molecule has 0 aliphatic heterocycles. The lowest BCUT2D eigenvalue weighted by atomic mass is 9.78. The van der Waals surface area contributed by atoms with E-state index in [2.05, 4.69) is 179 Å². The average molecular weight is 541 g/mol. The maximum absolute atomic E-state index is 3.63. The van der Waals surface area contributed by atoms with Gasteiger partial charge in [0.1, 0.15) is 0 Å². The van der Waals surface area contributed by atoms with Gasteiger partial charge in [0.05, 0.1) is 0 Å². The zero-order chi connectivity index (χ0) is 29.2. The Labute approximate surface area is 247 Å². The smallest absolute Gasteiger partial charge is 0.0469 e. The average Bonchev–Trinajstić information content (AvgIpc) is 2.99. The molecule has 0 aliphatic rings. The van der Waals surface area contributed by atoms with Crippen LogP contribution in [0.2, 0.25) is 0 Å². The number of benzene rings is 5. The number of nitrogens with zero attached hydrogens (tertiary/aromatic N) is 1. The van der Waals surface area contributed by atoms with Gasteiger partial charge in [-0.3, -0.25) is 0 Å². The van der Waals surface area contributed by atoms with Gasteiger partial charge < -0.3 is 10.2 Å². The lowest BCUT2D eigenvalue weighted by Gasteiger charge is -2.29. The Morgan fingerprint density at radius 1 is 0.610 bits per heavy atom. The molecule has 0 fully saturated rings. The molecular formula is C39H44N2. The SMILES string of the molecule is CC(c1ccc(N(c2ccccc2)c2ccc(Nc3ccccc3)c(-c3ccccc3)c2)cc1)C(C)(C)C.CCC. The first kappa shape index (κ1) is 29.7. The molecule has 0 amide bonds. The molecule has 5 rings (SSSR count). The van der Waals surface area contributed by atoms with Gasteiger partial charge in [-0.05, 0) is 77.1 Å². The van der Waals surface area contributed by atoms with Crippen molar-refractivity contribution >= 4 is 28.4 Å². The van der Waals surface area contributed by atoms with Crippen molar-refractivity contribution in [2.45, 2.75) is 53.9 Å². The van der Waals surface area contributed by atoms with Crippen LogP contribution >= 0.6 is 0 Å². The molecule has 1 N–H and O–H groups in total.